The van der Waals surface area contributed by atoms with Crippen LogP contribution < -0.4 is 19.1 Å². The second-order valence-electron chi connectivity index (χ2n) is 7.16. The minimum Gasteiger partial charge on any atom is -0.497 e. The van der Waals surface area contributed by atoms with E-state index >= 15 is 0 Å². The Labute approximate surface area is 195 Å². The number of hydrogen-bond donors (Lipinski definition) is 1. The van der Waals surface area contributed by atoms with Gasteiger partial charge in [-0.25, -0.2) is 8.42 Å². The summed E-state index contributed by atoms with van der Waals surface area (Å²) in [6, 6.07) is 18.4. The van der Waals surface area contributed by atoms with Crippen LogP contribution in [0.3, 0.4) is 0 Å². The number of carbonyl (C=O) groups is 1. The number of sulfonamides is 1. The predicted molar refractivity (Wildman–Crippen MR) is 126 cm³/mol. The Morgan fingerprint density at radius 1 is 1.03 bits per heavy atom. The summed E-state index contributed by atoms with van der Waals surface area (Å²) in [5.41, 5.74) is 2.44. The van der Waals surface area contributed by atoms with Gasteiger partial charge in [-0.05, 0) is 78.7 Å². The molecule has 166 valence electrons. The fourth-order valence-electron chi connectivity index (χ4n) is 3.44. The fraction of sp³-hybridized carbons (Fsp3) is 0.174. The Morgan fingerprint density at radius 2 is 1.72 bits per heavy atom. The van der Waals surface area contributed by atoms with E-state index in [-0.39, 0.29) is 17.4 Å². The van der Waals surface area contributed by atoms with Crippen molar-refractivity contribution in [3.63, 3.8) is 0 Å². The van der Waals surface area contributed by atoms with Crippen molar-refractivity contribution in [1.82, 2.24) is 0 Å². The average Bonchev–Trinajstić information content (AvgIpc) is 3.21. The van der Waals surface area contributed by atoms with Gasteiger partial charge in [0.25, 0.3) is 15.9 Å². The third-order valence-electron chi connectivity index (χ3n) is 5.08. The molecular formula is C23H21BrN2O5S. The number of methoxy groups -OCH3 is 1. The number of nitrogens with zero attached hydrogens (tertiary/aromatic N) is 1. The van der Waals surface area contributed by atoms with Gasteiger partial charge in [0.05, 0.1) is 12.0 Å². The number of hydrogen-bond acceptors (Lipinski definition) is 5. The van der Waals surface area contributed by atoms with Gasteiger partial charge in [0.1, 0.15) is 11.5 Å². The van der Waals surface area contributed by atoms with E-state index in [1.807, 2.05) is 18.2 Å². The summed E-state index contributed by atoms with van der Waals surface area (Å²) < 4.78 is 39.4. The second-order valence-corrected chi connectivity index (χ2v) is 9.76. The van der Waals surface area contributed by atoms with Crippen LogP contribution in [0.1, 0.15) is 5.56 Å². The SMILES string of the molecule is COc1ccc(NS(=O)(=O)c2ccc(OCC(=O)N3CCc4cc(Br)ccc43)cc2)cc1. The Kier molecular flexibility index (Phi) is 6.38. The van der Waals surface area contributed by atoms with Crippen LogP contribution >= 0.6 is 15.9 Å². The largest absolute Gasteiger partial charge is 0.497 e. The van der Waals surface area contributed by atoms with Gasteiger partial charge < -0.3 is 14.4 Å². The summed E-state index contributed by atoms with van der Waals surface area (Å²) in [5.74, 6) is 0.898. The van der Waals surface area contributed by atoms with E-state index in [9.17, 15) is 13.2 Å². The molecule has 0 fully saturated rings. The summed E-state index contributed by atoms with van der Waals surface area (Å²) in [6.45, 7) is 0.480. The number of ether oxygens (including phenoxy) is 2. The fourth-order valence-corrected chi connectivity index (χ4v) is 4.91. The Bertz CT molecular complexity index is 1230. The highest BCUT2D eigenvalue weighted by Crippen LogP contribution is 2.30. The Balaban J connectivity index is 1.37. The maximum absolute atomic E-state index is 12.6. The molecule has 0 saturated heterocycles. The molecule has 9 heteroatoms. The van der Waals surface area contributed by atoms with Crippen LogP contribution in [0.15, 0.2) is 76.1 Å². The van der Waals surface area contributed by atoms with Crippen molar-refractivity contribution < 1.29 is 22.7 Å². The monoisotopic (exact) mass is 516 g/mol. The number of rotatable bonds is 7. The minimum absolute atomic E-state index is 0.0889. The normalized spacial score (nSPS) is 12.9. The first-order valence-corrected chi connectivity index (χ1v) is 12.1. The van der Waals surface area contributed by atoms with Crippen molar-refractivity contribution in [3.8, 4) is 11.5 Å². The van der Waals surface area contributed by atoms with Gasteiger partial charge in [-0.15, -0.1) is 0 Å². The van der Waals surface area contributed by atoms with Crippen molar-refractivity contribution in [2.45, 2.75) is 11.3 Å². The summed E-state index contributed by atoms with van der Waals surface area (Å²) in [7, 11) is -2.22. The molecule has 0 saturated carbocycles. The summed E-state index contributed by atoms with van der Waals surface area (Å²) in [5, 5.41) is 0. The molecule has 0 unspecified atom stereocenters. The first kappa shape index (κ1) is 22.2. The Morgan fingerprint density at radius 3 is 2.41 bits per heavy atom. The van der Waals surface area contributed by atoms with Crippen LogP contribution in [0.4, 0.5) is 11.4 Å². The zero-order valence-corrected chi connectivity index (χ0v) is 19.6. The predicted octanol–water partition coefficient (Wildman–Crippen LogP) is 4.23. The van der Waals surface area contributed by atoms with Crippen LogP contribution in [0.5, 0.6) is 11.5 Å². The first-order chi connectivity index (χ1) is 15.4. The van der Waals surface area contributed by atoms with E-state index < -0.39 is 10.0 Å². The lowest BCUT2D eigenvalue weighted by molar-refractivity contribution is -0.120. The highest BCUT2D eigenvalue weighted by atomic mass is 79.9. The first-order valence-electron chi connectivity index (χ1n) is 9.84. The molecule has 0 aromatic heterocycles. The number of amides is 1. The summed E-state index contributed by atoms with van der Waals surface area (Å²) in [6.07, 6.45) is 0.800. The number of nitrogens with one attached hydrogen (secondary N) is 1. The van der Waals surface area contributed by atoms with E-state index in [1.165, 1.54) is 24.3 Å². The lowest BCUT2D eigenvalue weighted by Crippen LogP contribution is -2.33. The lowest BCUT2D eigenvalue weighted by Gasteiger charge is -2.17. The standard InChI is InChI=1S/C23H21BrN2O5S/c1-30-19-5-3-18(4-6-19)25-32(28,29)21-9-7-20(8-10-21)31-15-23(27)26-13-12-16-14-17(24)2-11-22(16)26/h2-11,14,25H,12-13,15H2,1H3. The van der Waals surface area contributed by atoms with Gasteiger partial charge >= 0.3 is 0 Å². The molecule has 0 radical (unpaired) electrons. The van der Waals surface area contributed by atoms with Crippen molar-refractivity contribution in [3.05, 3.63) is 76.8 Å². The Hall–Kier alpha value is -3.04. The van der Waals surface area contributed by atoms with Crippen molar-refractivity contribution in [2.24, 2.45) is 0 Å². The van der Waals surface area contributed by atoms with E-state index in [2.05, 4.69) is 20.7 Å². The quantitative estimate of drug-likeness (QED) is 0.507. The third kappa shape index (κ3) is 4.89. The molecule has 7 nitrogen and oxygen atoms in total. The summed E-state index contributed by atoms with van der Waals surface area (Å²) in [4.78, 5) is 14.4. The minimum atomic E-state index is -3.76. The molecule has 3 aromatic rings. The molecule has 1 aliphatic heterocycles. The molecule has 1 heterocycles. The molecule has 0 aliphatic carbocycles. The van der Waals surface area contributed by atoms with Gasteiger partial charge in [-0.1, -0.05) is 15.9 Å². The van der Waals surface area contributed by atoms with Crippen LogP contribution in [0.2, 0.25) is 0 Å². The average molecular weight is 517 g/mol. The number of anilines is 2. The topological polar surface area (TPSA) is 84.9 Å². The zero-order chi connectivity index (χ0) is 22.7. The smallest absolute Gasteiger partial charge is 0.264 e. The molecule has 0 atom stereocenters. The van der Waals surface area contributed by atoms with Gasteiger partial charge in [0.2, 0.25) is 0 Å². The zero-order valence-electron chi connectivity index (χ0n) is 17.2. The van der Waals surface area contributed by atoms with Crippen LogP contribution in [-0.2, 0) is 21.2 Å². The van der Waals surface area contributed by atoms with Crippen LogP contribution in [0, 0.1) is 0 Å². The van der Waals surface area contributed by atoms with Crippen molar-refractivity contribution in [1.29, 1.82) is 0 Å². The molecule has 1 N–H and O–H groups in total. The molecule has 4 rings (SSSR count). The van der Waals surface area contributed by atoms with Gasteiger partial charge in [-0.3, -0.25) is 9.52 Å². The molecule has 3 aromatic carbocycles. The number of fused-ring (bicyclic) bond motifs is 1. The third-order valence-corrected chi connectivity index (χ3v) is 6.97. The highest BCUT2D eigenvalue weighted by molar-refractivity contribution is 9.10. The molecule has 32 heavy (non-hydrogen) atoms. The van der Waals surface area contributed by atoms with E-state index in [4.69, 9.17) is 9.47 Å². The second kappa shape index (κ2) is 9.22. The molecular weight excluding hydrogens is 496 g/mol. The maximum Gasteiger partial charge on any atom is 0.264 e. The van der Waals surface area contributed by atoms with Crippen molar-refractivity contribution in [2.75, 3.05) is 29.9 Å². The highest BCUT2D eigenvalue weighted by Gasteiger charge is 2.25. The number of carbonyl (C=O) groups excluding carboxylic acids is 1. The van der Waals surface area contributed by atoms with E-state index in [0.717, 1.165) is 22.1 Å². The maximum atomic E-state index is 12.6. The van der Waals surface area contributed by atoms with E-state index in [0.29, 0.717) is 23.7 Å². The van der Waals surface area contributed by atoms with Crippen molar-refractivity contribution >= 4 is 43.2 Å². The van der Waals surface area contributed by atoms with Gasteiger partial charge in [0.15, 0.2) is 6.61 Å². The molecule has 0 spiro atoms. The van der Waals surface area contributed by atoms with Crippen LogP contribution in [-0.4, -0.2) is 34.6 Å². The van der Waals surface area contributed by atoms with E-state index in [1.54, 1.807) is 36.3 Å². The van der Waals surface area contributed by atoms with Gasteiger partial charge in [0, 0.05) is 22.4 Å². The molecule has 1 aliphatic rings. The molecule has 1 amide bonds. The van der Waals surface area contributed by atoms with Crippen LogP contribution in [0.25, 0.3) is 0 Å². The number of halogens is 1. The number of benzene rings is 3. The summed E-state index contributed by atoms with van der Waals surface area (Å²) >= 11 is 3.45. The van der Waals surface area contributed by atoms with Gasteiger partial charge in [-0.2, -0.15) is 0 Å². The molecule has 0 bridgehead atoms. The lowest BCUT2D eigenvalue weighted by atomic mass is 10.2.